The van der Waals surface area contributed by atoms with Gasteiger partial charge in [0.25, 0.3) is 17.7 Å². The fraction of sp³-hybridized carbons (Fsp3) is 0.457. The molecule has 2 N–H and O–H groups in total. The van der Waals surface area contributed by atoms with Crippen LogP contribution in [0.1, 0.15) is 109 Å². The highest BCUT2D eigenvalue weighted by atomic mass is 35.5. The van der Waals surface area contributed by atoms with Gasteiger partial charge in [0.15, 0.2) is 0 Å². The zero-order valence-electron chi connectivity index (χ0n) is 34.2. The SMILES string of the molecule is CC1(C)[C@H](NC(=O)c2ccc(C#CC3CCN(C4CCN(c5cnc6c(c5)C(=O)N(C5CCC(=O)NC5=O)C6=O)CC4)CC3)cc2)C(C)(C)[C@H]1Oc1ccc(C#N)c(Cl)c1. The number of fused-ring (bicyclic) bond motifs is 1. The lowest BCUT2D eigenvalue weighted by Gasteiger charge is -2.63. The van der Waals surface area contributed by atoms with Crippen molar-refractivity contribution in [2.75, 3.05) is 31.1 Å². The number of nitriles is 1. The van der Waals surface area contributed by atoms with Crippen LogP contribution >= 0.6 is 11.6 Å². The van der Waals surface area contributed by atoms with Gasteiger partial charge in [0.1, 0.15) is 29.7 Å². The molecule has 5 aliphatic rings. The number of anilines is 1. The summed E-state index contributed by atoms with van der Waals surface area (Å²) in [6.07, 6.45) is 5.50. The highest BCUT2D eigenvalue weighted by Crippen LogP contribution is 2.55. The number of aromatic nitrogens is 1. The summed E-state index contributed by atoms with van der Waals surface area (Å²) in [6, 6.07) is 15.6. The van der Waals surface area contributed by atoms with Crippen molar-refractivity contribution in [2.45, 2.75) is 90.4 Å². The monoisotopic (exact) mass is 829 g/mol. The summed E-state index contributed by atoms with van der Waals surface area (Å²) in [5, 5.41) is 15.0. The number of pyridine rings is 1. The number of piperidine rings is 3. The molecule has 8 rings (SSSR count). The van der Waals surface area contributed by atoms with Crippen LogP contribution in [0.4, 0.5) is 5.69 Å². The van der Waals surface area contributed by atoms with Gasteiger partial charge in [0.05, 0.1) is 28.0 Å². The predicted octanol–water partition coefficient (Wildman–Crippen LogP) is 5.35. The van der Waals surface area contributed by atoms with Crippen molar-refractivity contribution in [3.8, 4) is 23.7 Å². The van der Waals surface area contributed by atoms with Gasteiger partial charge in [-0.3, -0.25) is 34.2 Å². The van der Waals surface area contributed by atoms with Crippen LogP contribution in [0.15, 0.2) is 54.7 Å². The van der Waals surface area contributed by atoms with E-state index in [1.807, 2.05) is 24.3 Å². The van der Waals surface area contributed by atoms with Gasteiger partial charge in [-0.25, -0.2) is 4.98 Å². The lowest BCUT2D eigenvalue weighted by atomic mass is 9.49. The Morgan fingerprint density at radius 1 is 0.917 bits per heavy atom. The molecule has 5 amide bonds. The van der Waals surface area contributed by atoms with Crippen LogP contribution in [0.5, 0.6) is 5.75 Å². The van der Waals surface area contributed by atoms with E-state index >= 15 is 0 Å². The fourth-order valence-corrected chi connectivity index (χ4v) is 10.3. The van der Waals surface area contributed by atoms with E-state index in [0.717, 1.165) is 68.0 Å². The second kappa shape index (κ2) is 16.0. The molecule has 4 aliphatic heterocycles. The molecule has 13 nitrogen and oxygen atoms in total. The number of amides is 5. The van der Waals surface area contributed by atoms with Gasteiger partial charge in [0, 0.05) is 65.5 Å². The van der Waals surface area contributed by atoms with Crippen molar-refractivity contribution in [1.29, 1.82) is 5.26 Å². The molecular weight excluding hydrogens is 782 g/mol. The molecule has 4 fully saturated rings. The number of nitrogens with one attached hydrogen (secondary N) is 2. The first kappa shape index (κ1) is 41.0. The molecule has 1 aliphatic carbocycles. The summed E-state index contributed by atoms with van der Waals surface area (Å²) in [7, 11) is 0. The van der Waals surface area contributed by atoms with Gasteiger partial charge in [-0.1, -0.05) is 51.1 Å². The number of benzene rings is 2. The second-order valence-corrected chi connectivity index (χ2v) is 18.1. The Morgan fingerprint density at radius 2 is 1.62 bits per heavy atom. The fourth-order valence-electron chi connectivity index (χ4n) is 10.1. The van der Waals surface area contributed by atoms with Gasteiger partial charge >= 0.3 is 0 Å². The van der Waals surface area contributed by atoms with E-state index < -0.39 is 29.7 Å². The van der Waals surface area contributed by atoms with Crippen LogP contribution in [0, 0.1) is 39.9 Å². The Bertz CT molecular complexity index is 2350. The number of imide groups is 2. The number of carbonyl (C=O) groups is 5. The highest BCUT2D eigenvalue weighted by molar-refractivity contribution is 6.31. The third-order valence-electron chi connectivity index (χ3n) is 13.1. The number of carbonyl (C=O) groups excluding carboxylic acids is 5. The van der Waals surface area contributed by atoms with Crippen LogP contribution in [-0.2, 0) is 9.59 Å². The molecule has 14 heteroatoms. The summed E-state index contributed by atoms with van der Waals surface area (Å²) < 4.78 is 6.37. The average Bonchev–Trinajstić information content (AvgIpc) is 3.49. The number of halogens is 1. The van der Waals surface area contributed by atoms with Crippen molar-refractivity contribution >= 4 is 46.8 Å². The topological polar surface area (TPSA) is 165 Å². The minimum Gasteiger partial charge on any atom is -0.489 e. The lowest BCUT2D eigenvalue weighted by molar-refractivity contribution is -0.164. The number of nitrogens with zero attached hydrogens (tertiary/aromatic N) is 5. The molecule has 0 spiro atoms. The first-order valence-corrected chi connectivity index (χ1v) is 21.0. The Hall–Kier alpha value is -5.76. The van der Waals surface area contributed by atoms with E-state index in [2.05, 4.69) is 71.0 Å². The molecule has 0 bridgehead atoms. The molecule has 5 heterocycles. The summed E-state index contributed by atoms with van der Waals surface area (Å²) >= 11 is 6.24. The zero-order valence-corrected chi connectivity index (χ0v) is 35.0. The van der Waals surface area contributed by atoms with Gasteiger partial charge in [-0.2, -0.15) is 5.26 Å². The lowest BCUT2D eigenvalue weighted by Crippen LogP contribution is -2.74. The maximum absolute atomic E-state index is 13.4. The molecule has 1 saturated carbocycles. The van der Waals surface area contributed by atoms with Crippen molar-refractivity contribution in [1.82, 2.24) is 25.4 Å². The molecule has 60 heavy (non-hydrogen) atoms. The molecule has 3 saturated heterocycles. The van der Waals surface area contributed by atoms with Crippen LogP contribution in [0.2, 0.25) is 5.02 Å². The van der Waals surface area contributed by atoms with Crippen LogP contribution in [0.3, 0.4) is 0 Å². The minimum atomic E-state index is -1.02. The van der Waals surface area contributed by atoms with Crippen molar-refractivity contribution in [3.63, 3.8) is 0 Å². The van der Waals surface area contributed by atoms with Gasteiger partial charge < -0.3 is 19.9 Å². The molecule has 1 aromatic heterocycles. The summed E-state index contributed by atoms with van der Waals surface area (Å²) in [6.45, 7) is 11.8. The molecule has 310 valence electrons. The van der Waals surface area contributed by atoms with E-state index in [1.165, 1.54) is 0 Å². The molecular formula is C46H48ClN7O6. The zero-order chi connectivity index (χ0) is 42.5. The quantitative estimate of drug-likeness (QED) is 0.234. The summed E-state index contributed by atoms with van der Waals surface area (Å²) in [5.74, 6) is 5.36. The van der Waals surface area contributed by atoms with Crippen molar-refractivity contribution < 1.29 is 28.7 Å². The third-order valence-corrected chi connectivity index (χ3v) is 13.5. The number of rotatable bonds is 7. The first-order chi connectivity index (χ1) is 28.6. The third kappa shape index (κ3) is 7.61. The number of hydrogen-bond donors (Lipinski definition) is 2. The van der Waals surface area contributed by atoms with E-state index in [-0.39, 0.29) is 53.0 Å². The summed E-state index contributed by atoms with van der Waals surface area (Å²) in [4.78, 5) is 73.9. The smallest absolute Gasteiger partial charge is 0.280 e. The average molecular weight is 830 g/mol. The Kier molecular flexibility index (Phi) is 10.9. The Morgan fingerprint density at radius 3 is 2.27 bits per heavy atom. The van der Waals surface area contributed by atoms with E-state index in [9.17, 15) is 29.2 Å². The van der Waals surface area contributed by atoms with Crippen molar-refractivity contribution in [3.05, 3.63) is 87.7 Å². The van der Waals surface area contributed by atoms with Gasteiger partial charge in [-0.15, -0.1) is 0 Å². The van der Waals surface area contributed by atoms with E-state index in [1.54, 1.807) is 30.5 Å². The number of ether oxygens (including phenoxy) is 1. The maximum Gasteiger partial charge on any atom is 0.280 e. The largest absolute Gasteiger partial charge is 0.489 e. The Labute approximate surface area is 354 Å². The number of likely N-dealkylation sites (tertiary alicyclic amines) is 1. The van der Waals surface area contributed by atoms with E-state index in [4.69, 9.17) is 16.3 Å². The summed E-state index contributed by atoms with van der Waals surface area (Å²) in [5.41, 5.74) is 2.12. The predicted molar refractivity (Wildman–Crippen MR) is 223 cm³/mol. The first-order valence-electron chi connectivity index (χ1n) is 20.6. The molecule has 0 radical (unpaired) electrons. The van der Waals surface area contributed by atoms with Gasteiger partial charge in [0.2, 0.25) is 11.8 Å². The Balaban J connectivity index is 0.794. The van der Waals surface area contributed by atoms with E-state index in [0.29, 0.717) is 33.9 Å². The molecule has 1 unspecified atom stereocenters. The van der Waals surface area contributed by atoms with Crippen LogP contribution in [0.25, 0.3) is 0 Å². The minimum absolute atomic E-state index is 0.0435. The molecule has 1 atom stereocenters. The molecule has 3 aromatic rings. The standard InChI is InChI=1S/C46H48ClN7O6/c1-45(2)43(46(3,4)44(45)60-33-12-11-30(25-48)35(47)24-33)51-39(56)29-9-7-27(8-10-29)5-6-28-15-19-52(20-16-28)31-17-21-53(22-18-31)32-23-34-38(49-26-32)42(59)54(41(34)58)36-13-14-37(55)50-40(36)57/h7-12,23-24,26,28,31,36,43-44H,13-22H2,1-4H3,(H,51,56)(H,50,55,57)/t36?,43-,44-. The van der Waals surface area contributed by atoms with Crippen LogP contribution < -0.4 is 20.3 Å². The molecule has 2 aromatic carbocycles. The van der Waals surface area contributed by atoms with Crippen molar-refractivity contribution in [2.24, 2.45) is 16.7 Å². The normalized spacial score (nSPS) is 24.1. The maximum atomic E-state index is 13.4. The van der Waals surface area contributed by atoms with Crippen LogP contribution in [-0.4, -0.2) is 94.7 Å². The highest BCUT2D eigenvalue weighted by Gasteiger charge is 2.64. The second-order valence-electron chi connectivity index (χ2n) is 17.7. The number of hydrogen-bond acceptors (Lipinski definition) is 10. The van der Waals surface area contributed by atoms with Gasteiger partial charge in [-0.05, 0) is 87.7 Å².